The molecule has 2 aromatic rings. The van der Waals surface area contributed by atoms with Gasteiger partial charge in [0.1, 0.15) is 5.82 Å². The van der Waals surface area contributed by atoms with Crippen molar-refractivity contribution in [2.24, 2.45) is 0 Å². The number of benzene rings is 1. The van der Waals surface area contributed by atoms with E-state index in [4.69, 9.17) is 0 Å². The van der Waals surface area contributed by atoms with Crippen LogP contribution in [0.15, 0.2) is 42.6 Å². The van der Waals surface area contributed by atoms with E-state index >= 15 is 0 Å². The fraction of sp³-hybridized carbons (Fsp3) is 0.474. The number of hydrogen-bond acceptors (Lipinski definition) is 3. The standard InChI is InChI=1S/C19H26N4O2/c1-15(16-8-4-2-5-9-16)23-17(10-13-21-23)22-18(24)20-14-19(25)11-6-3-7-12-19/h2,4-5,8-10,13,15,25H,3,6-7,11-12,14H2,1H3,(H2,20,22,24). The number of carbonyl (C=O) groups is 1. The van der Waals surface area contributed by atoms with Gasteiger partial charge >= 0.3 is 6.03 Å². The minimum Gasteiger partial charge on any atom is -0.388 e. The Labute approximate surface area is 148 Å². The van der Waals surface area contributed by atoms with Crippen LogP contribution in [0, 0.1) is 0 Å². The third-order valence-corrected chi connectivity index (χ3v) is 4.92. The van der Waals surface area contributed by atoms with Crippen LogP contribution in [0.5, 0.6) is 0 Å². The summed E-state index contributed by atoms with van der Waals surface area (Å²) in [6.45, 7) is 2.32. The van der Waals surface area contributed by atoms with Crippen molar-refractivity contribution in [3.05, 3.63) is 48.2 Å². The van der Waals surface area contributed by atoms with Gasteiger partial charge in [-0.05, 0) is 25.3 Å². The number of aromatic nitrogens is 2. The van der Waals surface area contributed by atoms with E-state index in [0.29, 0.717) is 5.82 Å². The van der Waals surface area contributed by atoms with Gasteiger partial charge in [0.2, 0.25) is 0 Å². The molecular formula is C19H26N4O2. The summed E-state index contributed by atoms with van der Waals surface area (Å²) in [6.07, 6.45) is 6.35. The van der Waals surface area contributed by atoms with Crippen molar-refractivity contribution in [2.45, 2.75) is 50.7 Å². The number of rotatable bonds is 5. The van der Waals surface area contributed by atoms with Gasteiger partial charge < -0.3 is 10.4 Å². The van der Waals surface area contributed by atoms with Crippen molar-refractivity contribution in [2.75, 3.05) is 11.9 Å². The molecule has 1 atom stereocenters. The molecule has 25 heavy (non-hydrogen) atoms. The molecule has 3 N–H and O–H groups in total. The Hall–Kier alpha value is -2.34. The quantitative estimate of drug-likeness (QED) is 0.780. The average Bonchev–Trinajstić information content (AvgIpc) is 3.09. The van der Waals surface area contributed by atoms with Crippen LogP contribution in [0.25, 0.3) is 0 Å². The normalized spacial score (nSPS) is 17.7. The molecule has 1 unspecified atom stereocenters. The van der Waals surface area contributed by atoms with Crippen LogP contribution in [0.2, 0.25) is 0 Å². The molecule has 6 nitrogen and oxygen atoms in total. The highest BCUT2D eigenvalue weighted by molar-refractivity contribution is 5.88. The molecule has 0 aliphatic heterocycles. The van der Waals surface area contributed by atoms with Gasteiger partial charge in [-0.3, -0.25) is 5.32 Å². The SMILES string of the molecule is CC(c1ccccc1)n1nccc1NC(=O)NCC1(O)CCCCC1. The Bertz CT molecular complexity index is 692. The number of hydrogen-bond donors (Lipinski definition) is 3. The first-order valence-corrected chi connectivity index (χ1v) is 8.93. The molecule has 3 rings (SSSR count). The van der Waals surface area contributed by atoms with E-state index < -0.39 is 5.60 Å². The van der Waals surface area contributed by atoms with Crippen molar-refractivity contribution in [3.63, 3.8) is 0 Å². The van der Waals surface area contributed by atoms with E-state index in [9.17, 15) is 9.90 Å². The van der Waals surface area contributed by atoms with Crippen LogP contribution in [-0.4, -0.2) is 33.1 Å². The molecule has 1 aromatic carbocycles. The van der Waals surface area contributed by atoms with Crippen molar-refractivity contribution >= 4 is 11.8 Å². The molecule has 0 radical (unpaired) electrons. The highest BCUT2D eigenvalue weighted by atomic mass is 16.3. The fourth-order valence-electron chi connectivity index (χ4n) is 3.39. The molecule has 0 bridgehead atoms. The second kappa shape index (κ2) is 7.70. The zero-order valence-electron chi connectivity index (χ0n) is 14.6. The van der Waals surface area contributed by atoms with Crippen molar-refractivity contribution in [3.8, 4) is 0 Å². The lowest BCUT2D eigenvalue weighted by Crippen LogP contribution is -2.45. The van der Waals surface area contributed by atoms with Gasteiger partial charge in [0, 0.05) is 12.6 Å². The van der Waals surface area contributed by atoms with Gasteiger partial charge in [-0.2, -0.15) is 5.10 Å². The van der Waals surface area contributed by atoms with Gasteiger partial charge in [-0.25, -0.2) is 9.48 Å². The second-order valence-corrected chi connectivity index (χ2v) is 6.84. The maximum Gasteiger partial charge on any atom is 0.320 e. The third-order valence-electron chi connectivity index (χ3n) is 4.92. The van der Waals surface area contributed by atoms with Crippen LogP contribution in [0.1, 0.15) is 50.6 Å². The number of amides is 2. The Morgan fingerprint density at radius 3 is 2.68 bits per heavy atom. The number of aliphatic hydroxyl groups is 1. The molecule has 134 valence electrons. The highest BCUT2D eigenvalue weighted by Crippen LogP contribution is 2.27. The highest BCUT2D eigenvalue weighted by Gasteiger charge is 2.29. The zero-order chi connectivity index (χ0) is 17.7. The number of carbonyl (C=O) groups excluding carboxylic acids is 1. The number of anilines is 1. The van der Waals surface area contributed by atoms with E-state index in [1.807, 2.05) is 37.3 Å². The molecule has 1 saturated carbocycles. The van der Waals surface area contributed by atoms with Gasteiger partial charge in [0.25, 0.3) is 0 Å². The molecule has 6 heteroatoms. The molecule has 1 aromatic heterocycles. The lowest BCUT2D eigenvalue weighted by Gasteiger charge is -2.32. The smallest absolute Gasteiger partial charge is 0.320 e. The average molecular weight is 342 g/mol. The lowest BCUT2D eigenvalue weighted by atomic mass is 9.85. The Kier molecular flexibility index (Phi) is 5.38. The first kappa shape index (κ1) is 17.5. The van der Waals surface area contributed by atoms with Crippen molar-refractivity contribution in [1.82, 2.24) is 15.1 Å². The van der Waals surface area contributed by atoms with E-state index in [1.165, 1.54) is 0 Å². The summed E-state index contributed by atoms with van der Waals surface area (Å²) in [6, 6.07) is 11.5. The topological polar surface area (TPSA) is 79.2 Å². The minimum atomic E-state index is -0.771. The Balaban J connectivity index is 1.60. The van der Waals surface area contributed by atoms with E-state index in [2.05, 4.69) is 15.7 Å². The first-order chi connectivity index (χ1) is 12.1. The summed E-state index contributed by atoms with van der Waals surface area (Å²) < 4.78 is 1.78. The maximum absolute atomic E-state index is 12.2. The van der Waals surface area contributed by atoms with Crippen LogP contribution < -0.4 is 10.6 Å². The van der Waals surface area contributed by atoms with Crippen LogP contribution in [0.3, 0.4) is 0 Å². The number of nitrogens with zero attached hydrogens (tertiary/aromatic N) is 2. The van der Waals surface area contributed by atoms with Crippen LogP contribution in [-0.2, 0) is 0 Å². The largest absolute Gasteiger partial charge is 0.388 e. The predicted octanol–water partition coefficient (Wildman–Crippen LogP) is 3.31. The summed E-state index contributed by atoms with van der Waals surface area (Å²) in [7, 11) is 0. The lowest BCUT2D eigenvalue weighted by molar-refractivity contribution is 0.00755. The van der Waals surface area contributed by atoms with Crippen LogP contribution in [0.4, 0.5) is 10.6 Å². The summed E-state index contributed by atoms with van der Waals surface area (Å²) in [4.78, 5) is 12.2. The molecule has 1 aliphatic rings. The van der Waals surface area contributed by atoms with Crippen molar-refractivity contribution in [1.29, 1.82) is 0 Å². The van der Waals surface area contributed by atoms with E-state index in [-0.39, 0.29) is 18.6 Å². The number of urea groups is 1. The fourth-order valence-corrected chi connectivity index (χ4v) is 3.39. The van der Waals surface area contributed by atoms with E-state index in [0.717, 1.165) is 37.7 Å². The molecule has 1 aliphatic carbocycles. The maximum atomic E-state index is 12.2. The van der Waals surface area contributed by atoms with Gasteiger partial charge in [0.05, 0.1) is 17.8 Å². The molecule has 0 saturated heterocycles. The predicted molar refractivity (Wildman–Crippen MR) is 97.5 cm³/mol. The Morgan fingerprint density at radius 2 is 1.96 bits per heavy atom. The molecule has 0 spiro atoms. The van der Waals surface area contributed by atoms with Gasteiger partial charge in [-0.1, -0.05) is 49.6 Å². The van der Waals surface area contributed by atoms with Gasteiger partial charge in [-0.15, -0.1) is 0 Å². The molecule has 2 amide bonds. The minimum absolute atomic E-state index is 0.00836. The Morgan fingerprint density at radius 1 is 1.24 bits per heavy atom. The second-order valence-electron chi connectivity index (χ2n) is 6.84. The van der Waals surface area contributed by atoms with Crippen molar-refractivity contribution < 1.29 is 9.90 Å². The summed E-state index contributed by atoms with van der Waals surface area (Å²) in [5, 5.41) is 20.4. The van der Waals surface area contributed by atoms with Crippen LogP contribution >= 0.6 is 0 Å². The first-order valence-electron chi connectivity index (χ1n) is 8.93. The molecule has 1 heterocycles. The third kappa shape index (κ3) is 4.39. The summed E-state index contributed by atoms with van der Waals surface area (Å²) in [5.41, 5.74) is 0.346. The molecular weight excluding hydrogens is 316 g/mol. The number of nitrogens with one attached hydrogen (secondary N) is 2. The monoisotopic (exact) mass is 342 g/mol. The zero-order valence-corrected chi connectivity index (χ0v) is 14.6. The van der Waals surface area contributed by atoms with E-state index in [1.54, 1.807) is 16.9 Å². The van der Waals surface area contributed by atoms with Gasteiger partial charge in [0.15, 0.2) is 0 Å². The molecule has 1 fully saturated rings. The summed E-state index contributed by atoms with van der Waals surface area (Å²) >= 11 is 0. The summed E-state index contributed by atoms with van der Waals surface area (Å²) in [5.74, 6) is 0.629.